The van der Waals surface area contributed by atoms with E-state index in [1.807, 2.05) is 82.3 Å². The first-order valence-electron chi connectivity index (χ1n) is 11.8. The molecule has 2 amide bonds. The second-order valence-corrected chi connectivity index (χ2v) is 9.86. The van der Waals surface area contributed by atoms with Crippen molar-refractivity contribution >= 4 is 17.5 Å². The smallest absolute Gasteiger partial charge is 0.275 e. The number of hydrogen-bond donors (Lipinski definition) is 2. The Labute approximate surface area is 211 Å². The highest BCUT2D eigenvalue weighted by Gasteiger charge is 2.35. The van der Waals surface area contributed by atoms with E-state index in [0.29, 0.717) is 16.9 Å². The van der Waals surface area contributed by atoms with E-state index < -0.39 is 17.4 Å². The van der Waals surface area contributed by atoms with Crippen LogP contribution in [0.5, 0.6) is 0 Å². The number of H-pyrrole nitrogens is 1. The molecule has 0 fully saturated rings. The van der Waals surface area contributed by atoms with E-state index in [9.17, 15) is 14.0 Å². The Morgan fingerprint density at radius 2 is 1.58 bits per heavy atom. The van der Waals surface area contributed by atoms with Crippen LogP contribution in [0.25, 0.3) is 11.3 Å². The number of halogens is 1. The van der Waals surface area contributed by atoms with Crippen LogP contribution < -0.4 is 10.2 Å². The van der Waals surface area contributed by atoms with Gasteiger partial charge in [0.15, 0.2) is 0 Å². The van der Waals surface area contributed by atoms with Crippen LogP contribution in [0, 0.1) is 12.7 Å². The third-order valence-electron chi connectivity index (χ3n) is 5.69. The van der Waals surface area contributed by atoms with E-state index in [1.54, 1.807) is 24.3 Å². The number of nitrogens with zero attached hydrogens (tertiary/aromatic N) is 1. The number of aromatic amines is 1. The predicted octanol–water partition coefficient (Wildman–Crippen LogP) is 6.43. The van der Waals surface area contributed by atoms with Gasteiger partial charge in [0.2, 0.25) is 5.91 Å². The highest BCUT2D eigenvalue weighted by Crippen LogP contribution is 2.31. The lowest BCUT2D eigenvalue weighted by Gasteiger charge is -2.33. The molecule has 3 aromatic carbocycles. The number of rotatable bonds is 6. The summed E-state index contributed by atoms with van der Waals surface area (Å²) in [6.45, 7) is 7.56. The molecule has 0 bridgehead atoms. The van der Waals surface area contributed by atoms with Crippen molar-refractivity contribution in [3.8, 4) is 11.3 Å². The minimum absolute atomic E-state index is 0.339. The number of anilines is 1. The molecule has 1 atom stereocenters. The SMILES string of the molecule is Cc1cccc(N(C(=O)c2ccc(-c3ccccc3)[nH]2)[C@H](C(=O)NC(C)(C)C)c2ccc(F)cc2)c1. The van der Waals surface area contributed by atoms with Crippen molar-refractivity contribution in [1.29, 1.82) is 0 Å². The second-order valence-electron chi connectivity index (χ2n) is 9.86. The topological polar surface area (TPSA) is 65.2 Å². The molecule has 184 valence electrons. The standard InChI is InChI=1S/C30H30FN3O2/c1-20-9-8-12-24(19-20)34(29(36)26-18-17-25(32-26)21-10-6-5-7-11-21)27(28(35)33-30(2,3)4)22-13-15-23(31)16-14-22/h5-19,27,32H,1-4H3,(H,33,35)/t27-/m0/s1. The van der Waals surface area contributed by atoms with Crippen LogP contribution in [0.3, 0.4) is 0 Å². The van der Waals surface area contributed by atoms with Crippen molar-refractivity contribution in [2.45, 2.75) is 39.3 Å². The van der Waals surface area contributed by atoms with Gasteiger partial charge in [0.05, 0.1) is 0 Å². The number of carbonyl (C=O) groups excluding carboxylic acids is 2. The van der Waals surface area contributed by atoms with Gasteiger partial charge in [0.25, 0.3) is 5.91 Å². The molecule has 0 saturated heterocycles. The molecule has 4 rings (SSSR count). The van der Waals surface area contributed by atoms with E-state index in [2.05, 4.69) is 10.3 Å². The van der Waals surface area contributed by atoms with E-state index in [-0.39, 0.29) is 11.8 Å². The molecule has 0 aliphatic carbocycles. The van der Waals surface area contributed by atoms with Crippen molar-refractivity contribution in [2.75, 3.05) is 4.90 Å². The van der Waals surface area contributed by atoms with Gasteiger partial charge < -0.3 is 10.3 Å². The number of amides is 2. The quantitative estimate of drug-likeness (QED) is 0.332. The van der Waals surface area contributed by atoms with Gasteiger partial charge in [-0.15, -0.1) is 0 Å². The molecule has 2 N–H and O–H groups in total. The summed E-state index contributed by atoms with van der Waals surface area (Å²) in [4.78, 5) is 32.5. The first-order valence-corrected chi connectivity index (χ1v) is 11.8. The summed E-state index contributed by atoms with van der Waals surface area (Å²) in [6, 6.07) is 25.4. The first-order chi connectivity index (χ1) is 17.1. The molecule has 5 nitrogen and oxygen atoms in total. The van der Waals surface area contributed by atoms with Gasteiger partial charge in [0, 0.05) is 16.9 Å². The van der Waals surface area contributed by atoms with Crippen LogP contribution in [0.2, 0.25) is 0 Å². The number of aryl methyl sites for hydroxylation is 1. The average Bonchev–Trinajstić information content (AvgIpc) is 3.33. The Morgan fingerprint density at radius 1 is 0.889 bits per heavy atom. The monoisotopic (exact) mass is 483 g/mol. The lowest BCUT2D eigenvalue weighted by atomic mass is 10.00. The number of aromatic nitrogens is 1. The number of carbonyl (C=O) groups is 2. The molecule has 0 unspecified atom stereocenters. The summed E-state index contributed by atoms with van der Waals surface area (Å²) in [5.41, 5.74) is 3.54. The van der Waals surface area contributed by atoms with Crippen LogP contribution >= 0.6 is 0 Å². The van der Waals surface area contributed by atoms with E-state index >= 15 is 0 Å². The van der Waals surface area contributed by atoms with Crippen LogP contribution in [-0.2, 0) is 4.79 Å². The normalized spacial score (nSPS) is 12.1. The third kappa shape index (κ3) is 5.71. The van der Waals surface area contributed by atoms with Gasteiger partial charge in [-0.2, -0.15) is 0 Å². The molecule has 0 spiro atoms. The van der Waals surface area contributed by atoms with E-state index in [1.165, 1.54) is 17.0 Å². The minimum Gasteiger partial charge on any atom is -0.351 e. The molecule has 6 heteroatoms. The van der Waals surface area contributed by atoms with Crippen molar-refractivity contribution in [3.05, 3.63) is 114 Å². The van der Waals surface area contributed by atoms with Crippen LogP contribution in [0.4, 0.5) is 10.1 Å². The summed E-state index contributed by atoms with van der Waals surface area (Å²) in [7, 11) is 0. The van der Waals surface area contributed by atoms with Gasteiger partial charge in [-0.05, 0) is 80.8 Å². The van der Waals surface area contributed by atoms with E-state index in [4.69, 9.17) is 0 Å². The lowest BCUT2D eigenvalue weighted by molar-refractivity contribution is -0.123. The van der Waals surface area contributed by atoms with Gasteiger partial charge >= 0.3 is 0 Å². The highest BCUT2D eigenvalue weighted by atomic mass is 19.1. The summed E-state index contributed by atoms with van der Waals surface area (Å²) >= 11 is 0. The zero-order valence-electron chi connectivity index (χ0n) is 20.9. The average molecular weight is 484 g/mol. The van der Waals surface area contributed by atoms with E-state index in [0.717, 1.165) is 16.8 Å². The Kier molecular flexibility index (Phi) is 7.06. The van der Waals surface area contributed by atoms with Gasteiger partial charge in [0.1, 0.15) is 17.6 Å². The molecular weight excluding hydrogens is 453 g/mol. The maximum atomic E-state index is 14.1. The highest BCUT2D eigenvalue weighted by molar-refractivity contribution is 6.09. The van der Waals surface area contributed by atoms with Crippen molar-refractivity contribution < 1.29 is 14.0 Å². The van der Waals surface area contributed by atoms with Gasteiger partial charge in [-0.1, -0.05) is 54.6 Å². The zero-order chi connectivity index (χ0) is 25.9. The lowest BCUT2D eigenvalue weighted by Crippen LogP contribution is -2.49. The fourth-order valence-electron chi connectivity index (χ4n) is 4.10. The minimum atomic E-state index is -1.03. The fraction of sp³-hybridized carbons (Fsp3) is 0.200. The molecule has 0 aliphatic rings. The Hall–Kier alpha value is -4.19. The van der Waals surface area contributed by atoms with Crippen LogP contribution in [0.15, 0.2) is 91.0 Å². The van der Waals surface area contributed by atoms with Crippen LogP contribution in [0.1, 0.15) is 48.4 Å². The molecule has 1 aromatic heterocycles. The van der Waals surface area contributed by atoms with Crippen LogP contribution in [-0.4, -0.2) is 22.3 Å². The maximum Gasteiger partial charge on any atom is 0.275 e. The largest absolute Gasteiger partial charge is 0.351 e. The van der Waals surface area contributed by atoms with Gasteiger partial charge in [-0.25, -0.2) is 4.39 Å². The number of nitrogens with one attached hydrogen (secondary N) is 2. The molecule has 36 heavy (non-hydrogen) atoms. The molecule has 1 heterocycles. The Balaban J connectivity index is 1.84. The fourth-order valence-corrected chi connectivity index (χ4v) is 4.10. The molecule has 0 radical (unpaired) electrons. The summed E-state index contributed by atoms with van der Waals surface area (Å²) in [6.07, 6.45) is 0. The van der Waals surface area contributed by atoms with Crippen molar-refractivity contribution in [2.24, 2.45) is 0 Å². The Morgan fingerprint density at radius 3 is 2.22 bits per heavy atom. The maximum absolute atomic E-state index is 14.1. The molecule has 0 saturated carbocycles. The van der Waals surface area contributed by atoms with Crippen molar-refractivity contribution in [1.82, 2.24) is 10.3 Å². The molecular formula is C30H30FN3O2. The zero-order valence-corrected chi connectivity index (χ0v) is 20.9. The summed E-state index contributed by atoms with van der Waals surface area (Å²) < 4.78 is 13.8. The van der Waals surface area contributed by atoms with Gasteiger partial charge in [-0.3, -0.25) is 14.5 Å². The second kappa shape index (κ2) is 10.2. The molecule has 4 aromatic rings. The van der Waals surface area contributed by atoms with Crippen molar-refractivity contribution in [3.63, 3.8) is 0 Å². The summed E-state index contributed by atoms with van der Waals surface area (Å²) in [5, 5.41) is 3.00. The molecule has 0 aliphatic heterocycles. The number of hydrogen-bond acceptors (Lipinski definition) is 2. The third-order valence-corrected chi connectivity index (χ3v) is 5.69. The predicted molar refractivity (Wildman–Crippen MR) is 141 cm³/mol. The summed E-state index contributed by atoms with van der Waals surface area (Å²) in [5.74, 6) is -1.15. The first kappa shape index (κ1) is 24.9. The Bertz CT molecular complexity index is 1350. The number of benzene rings is 3.